The Morgan fingerprint density at radius 3 is 2.75 bits per heavy atom. The van der Waals surface area contributed by atoms with Crippen molar-refractivity contribution in [1.82, 2.24) is 20.1 Å². The van der Waals surface area contributed by atoms with E-state index < -0.39 is 0 Å². The van der Waals surface area contributed by atoms with Gasteiger partial charge in [-0.05, 0) is 13.3 Å². The van der Waals surface area contributed by atoms with Crippen molar-refractivity contribution in [3.05, 3.63) is 11.6 Å². The van der Waals surface area contributed by atoms with Crippen molar-refractivity contribution in [3.63, 3.8) is 0 Å². The maximum absolute atomic E-state index is 5.44. The molecule has 0 amide bonds. The molecule has 5 nitrogen and oxygen atoms in total. The van der Waals surface area contributed by atoms with Crippen LogP contribution in [0.3, 0.4) is 0 Å². The van der Waals surface area contributed by atoms with Crippen LogP contribution >= 0.6 is 0 Å². The molecule has 0 radical (unpaired) electrons. The number of aromatic nitrogens is 3. The van der Waals surface area contributed by atoms with Gasteiger partial charge in [0.2, 0.25) is 0 Å². The van der Waals surface area contributed by atoms with Crippen molar-refractivity contribution in [2.75, 3.05) is 19.8 Å². The molecule has 0 aliphatic carbocycles. The van der Waals surface area contributed by atoms with Crippen LogP contribution in [0, 0.1) is 6.92 Å². The van der Waals surface area contributed by atoms with Crippen molar-refractivity contribution in [3.8, 4) is 0 Å². The molecule has 1 rings (SSSR count). The second-order valence-corrected chi connectivity index (χ2v) is 3.87. The molecule has 0 aliphatic rings. The first-order valence-electron chi connectivity index (χ1n) is 5.89. The topological polar surface area (TPSA) is 52.0 Å². The van der Waals surface area contributed by atoms with E-state index in [4.69, 9.17) is 4.74 Å². The summed E-state index contributed by atoms with van der Waals surface area (Å²) in [4.78, 5) is 0. The molecule has 1 N–H and O–H groups in total. The minimum absolute atomic E-state index is 0.745. The van der Waals surface area contributed by atoms with Crippen LogP contribution in [0.1, 0.15) is 31.4 Å². The number of hydrogen-bond acceptors (Lipinski definition) is 4. The highest BCUT2D eigenvalue weighted by molar-refractivity contribution is 4.91. The molecule has 16 heavy (non-hydrogen) atoms. The Hall–Kier alpha value is -0.940. The number of nitrogens with zero attached hydrogens (tertiary/aromatic N) is 3. The zero-order valence-corrected chi connectivity index (χ0v) is 10.5. The minimum atomic E-state index is 0.745. The SMILES string of the molecule is CCCCOCCNCc1nnc(C)n1C. The molecule has 0 saturated heterocycles. The van der Waals surface area contributed by atoms with Crippen LogP contribution in [0.25, 0.3) is 0 Å². The summed E-state index contributed by atoms with van der Waals surface area (Å²) < 4.78 is 7.43. The first-order valence-corrected chi connectivity index (χ1v) is 5.89. The predicted molar refractivity (Wildman–Crippen MR) is 63.2 cm³/mol. The normalized spacial score (nSPS) is 10.9. The van der Waals surface area contributed by atoms with Gasteiger partial charge in [0.05, 0.1) is 13.2 Å². The lowest BCUT2D eigenvalue weighted by Gasteiger charge is -2.05. The summed E-state index contributed by atoms with van der Waals surface area (Å²) in [7, 11) is 1.98. The van der Waals surface area contributed by atoms with E-state index in [2.05, 4.69) is 22.4 Å². The van der Waals surface area contributed by atoms with Crippen molar-refractivity contribution >= 4 is 0 Å². The third kappa shape index (κ3) is 4.28. The second-order valence-electron chi connectivity index (χ2n) is 3.87. The number of ether oxygens (including phenoxy) is 1. The number of unbranched alkanes of at least 4 members (excludes halogenated alkanes) is 1. The summed E-state index contributed by atoms with van der Waals surface area (Å²) in [6, 6.07) is 0. The fraction of sp³-hybridized carbons (Fsp3) is 0.818. The maximum atomic E-state index is 5.44. The third-order valence-electron chi connectivity index (χ3n) is 2.53. The van der Waals surface area contributed by atoms with Crippen LogP contribution in [0.5, 0.6) is 0 Å². The Labute approximate surface area is 97.2 Å². The van der Waals surface area contributed by atoms with Crippen molar-refractivity contribution < 1.29 is 4.74 Å². The number of aryl methyl sites for hydroxylation is 1. The molecule has 0 saturated carbocycles. The second kappa shape index (κ2) is 7.35. The van der Waals surface area contributed by atoms with Gasteiger partial charge < -0.3 is 14.6 Å². The van der Waals surface area contributed by atoms with E-state index in [-0.39, 0.29) is 0 Å². The summed E-state index contributed by atoms with van der Waals surface area (Å²) in [5.41, 5.74) is 0. The molecule has 0 aliphatic heterocycles. The van der Waals surface area contributed by atoms with Gasteiger partial charge in [0.15, 0.2) is 0 Å². The van der Waals surface area contributed by atoms with Gasteiger partial charge in [-0.15, -0.1) is 10.2 Å². The average molecular weight is 226 g/mol. The van der Waals surface area contributed by atoms with Gasteiger partial charge in [-0.25, -0.2) is 0 Å². The molecule has 0 aromatic carbocycles. The molecule has 0 atom stereocenters. The highest BCUT2D eigenvalue weighted by Gasteiger charge is 2.02. The molecule has 1 aromatic heterocycles. The zero-order chi connectivity index (χ0) is 11.8. The monoisotopic (exact) mass is 226 g/mol. The van der Waals surface area contributed by atoms with Gasteiger partial charge >= 0.3 is 0 Å². The van der Waals surface area contributed by atoms with Crippen LogP contribution in [0.2, 0.25) is 0 Å². The van der Waals surface area contributed by atoms with Crippen molar-refractivity contribution in [2.24, 2.45) is 7.05 Å². The highest BCUT2D eigenvalue weighted by atomic mass is 16.5. The Bertz CT molecular complexity index is 298. The molecular weight excluding hydrogens is 204 g/mol. The first-order chi connectivity index (χ1) is 7.75. The molecule has 0 fully saturated rings. The van der Waals surface area contributed by atoms with Gasteiger partial charge in [0, 0.05) is 20.2 Å². The number of rotatable bonds is 8. The molecular formula is C11H22N4O. The average Bonchev–Trinajstić information content (AvgIpc) is 2.59. The van der Waals surface area contributed by atoms with Gasteiger partial charge in [0.1, 0.15) is 11.6 Å². The lowest BCUT2D eigenvalue weighted by atomic mass is 10.4. The first kappa shape index (κ1) is 13.1. The minimum Gasteiger partial charge on any atom is -0.380 e. The van der Waals surface area contributed by atoms with E-state index in [0.717, 1.165) is 44.4 Å². The van der Waals surface area contributed by atoms with Crippen LogP contribution in [0.15, 0.2) is 0 Å². The Balaban J connectivity index is 2.05. The molecule has 0 bridgehead atoms. The predicted octanol–water partition coefficient (Wildman–Crippen LogP) is 1.03. The molecule has 0 spiro atoms. The van der Waals surface area contributed by atoms with E-state index in [1.165, 1.54) is 6.42 Å². The molecule has 1 aromatic rings. The Kier molecular flexibility index (Phi) is 6.03. The smallest absolute Gasteiger partial charge is 0.146 e. The van der Waals surface area contributed by atoms with E-state index in [1.807, 2.05) is 18.5 Å². The number of hydrogen-bond donors (Lipinski definition) is 1. The fourth-order valence-corrected chi connectivity index (χ4v) is 1.30. The third-order valence-corrected chi connectivity index (χ3v) is 2.53. The van der Waals surface area contributed by atoms with Gasteiger partial charge in [-0.1, -0.05) is 13.3 Å². The van der Waals surface area contributed by atoms with Gasteiger partial charge in [0.25, 0.3) is 0 Å². The van der Waals surface area contributed by atoms with Gasteiger partial charge in [-0.2, -0.15) is 0 Å². The molecule has 5 heteroatoms. The largest absolute Gasteiger partial charge is 0.380 e. The lowest BCUT2D eigenvalue weighted by Crippen LogP contribution is -2.21. The molecule has 92 valence electrons. The summed E-state index contributed by atoms with van der Waals surface area (Å²) >= 11 is 0. The van der Waals surface area contributed by atoms with Crippen molar-refractivity contribution in [2.45, 2.75) is 33.2 Å². The van der Waals surface area contributed by atoms with E-state index in [0.29, 0.717) is 0 Å². The lowest BCUT2D eigenvalue weighted by molar-refractivity contribution is 0.132. The van der Waals surface area contributed by atoms with E-state index >= 15 is 0 Å². The van der Waals surface area contributed by atoms with Crippen molar-refractivity contribution in [1.29, 1.82) is 0 Å². The fourth-order valence-electron chi connectivity index (χ4n) is 1.30. The highest BCUT2D eigenvalue weighted by Crippen LogP contribution is 1.96. The molecule has 0 unspecified atom stereocenters. The van der Waals surface area contributed by atoms with Crippen LogP contribution in [0.4, 0.5) is 0 Å². The summed E-state index contributed by atoms with van der Waals surface area (Å²) in [5, 5.41) is 11.4. The summed E-state index contributed by atoms with van der Waals surface area (Å²) in [6.07, 6.45) is 2.33. The number of nitrogens with one attached hydrogen (secondary N) is 1. The van der Waals surface area contributed by atoms with Crippen LogP contribution in [-0.2, 0) is 18.3 Å². The standard InChI is InChI=1S/C11H22N4O/c1-4-5-7-16-8-6-12-9-11-14-13-10(2)15(11)3/h12H,4-9H2,1-3H3. The van der Waals surface area contributed by atoms with Crippen LogP contribution < -0.4 is 5.32 Å². The van der Waals surface area contributed by atoms with E-state index in [9.17, 15) is 0 Å². The van der Waals surface area contributed by atoms with Crippen LogP contribution in [-0.4, -0.2) is 34.5 Å². The summed E-state index contributed by atoms with van der Waals surface area (Å²) in [6.45, 7) is 7.34. The Morgan fingerprint density at radius 1 is 1.31 bits per heavy atom. The van der Waals surface area contributed by atoms with Gasteiger partial charge in [-0.3, -0.25) is 0 Å². The van der Waals surface area contributed by atoms with E-state index in [1.54, 1.807) is 0 Å². The Morgan fingerprint density at radius 2 is 2.12 bits per heavy atom. The molecule has 1 heterocycles. The zero-order valence-electron chi connectivity index (χ0n) is 10.5. The quantitative estimate of drug-likeness (QED) is 0.673. The summed E-state index contributed by atoms with van der Waals surface area (Å²) in [5.74, 6) is 1.90. The maximum Gasteiger partial charge on any atom is 0.146 e.